The molecule has 5 heteroatoms. The van der Waals surface area contributed by atoms with Crippen LogP contribution in [0.1, 0.15) is 21.5 Å². The van der Waals surface area contributed by atoms with Gasteiger partial charge in [0.05, 0.1) is 0 Å². The lowest BCUT2D eigenvalue weighted by Crippen LogP contribution is -2.30. The average Bonchev–Trinajstić information content (AvgIpc) is 2.80. The first-order chi connectivity index (χ1) is 14.8. The molecule has 4 aromatic rings. The van der Waals surface area contributed by atoms with E-state index >= 15 is 0 Å². The van der Waals surface area contributed by atoms with Crippen LogP contribution >= 0.6 is 0 Å². The third-order valence-electron chi connectivity index (χ3n) is 4.82. The van der Waals surface area contributed by atoms with E-state index in [4.69, 9.17) is 0 Å². The molecule has 0 aliphatic rings. The van der Waals surface area contributed by atoms with E-state index in [2.05, 4.69) is 4.98 Å². The van der Waals surface area contributed by atoms with Crippen molar-refractivity contribution in [2.24, 2.45) is 0 Å². The van der Waals surface area contributed by atoms with Crippen LogP contribution < -0.4 is 10.5 Å². The lowest BCUT2D eigenvalue weighted by Gasteiger charge is -2.24. The van der Waals surface area contributed by atoms with Crippen LogP contribution in [0.4, 0.5) is 5.82 Å². The third-order valence-corrected chi connectivity index (χ3v) is 4.82. The van der Waals surface area contributed by atoms with Gasteiger partial charge in [0.25, 0.3) is 5.56 Å². The van der Waals surface area contributed by atoms with Crippen molar-refractivity contribution in [1.29, 1.82) is 0 Å². The summed E-state index contributed by atoms with van der Waals surface area (Å²) in [7, 11) is 0. The molecule has 2 heterocycles. The molecule has 148 valence electrons. The van der Waals surface area contributed by atoms with Crippen LogP contribution in [0, 0.1) is 0 Å². The van der Waals surface area contributed by atoms with Gasteiger partial charge in [-0.25, -0.2) is 4.98 Å². The fourth-order valence-electron chi connectivity index (χ4n) is 3.35. The molecule has 0 spiro atoms. The highest BCUT2D eigenvalue weighted by atomic mass is 16.1. The highest BCUT2D eigenvalue weighted by molar-refractivity contribution is 5.83. The second kappa shape index (κ2) is 9.01. The summed E-state index contributed by atoms with van der Waals surface area (Å²) in [5, 5.41) is 0. The van der Waals surface area contributed by atoms with E-state index in [0.717, 1.165) is 11.1 Å². The fraction of sp³-hybridized carbons (Fsp3) is 0.0800. The molecule has 4 rings (SSSR count). The Labute approximate surface area is 174 Å². The zero-order valence-electron chi connectivity index (χ0n) is 16.4. The third kappa shape index (κ3) is 4.20. The summed E-state index contributed by atoms with van der Waals surface area (Å²) >= 11 is 0. The van der Waals surface area contributed by atoms with Gasteiger partial charge in [-0.2, -0.15) is 0 Å². The number of hydrogen-bond acceptors (Lipinski definition) is 4. The number of nitrogens with zero attached hydrogens (tertiary/aromatic N) is 3. The lowest BCUT2D eigenvalue weighted by molar-refractivity contribution is 0.112. The molecule has 0 aliphatic carbocycles. The number of aromatic nitrogens is 2. The van der Waals surface area contributed by atoms with Crippen LogP contribution in [-0.4, -0.2) is 22.2 Å². The van der Waals surface area contributed by atoms with Gasteiger partial charge in [-0.1, -0.05) is 78.9 Å². The maximum absolute atomic E-state index is 12.9. The zero-order valence-corrected chi connectivity index (χ0v) is 16.4. The minimum atomic E-state index is -0.365. The van der Waals surface area contributed by atoms with Gasteiger partial charge in [0.1, 0.15) is 17.0 Å². The number of fused-ring (bicyclic) bond motifs is 1. The van der Waals surface area contributed by atoms with Gasteiger partial charge in [0, 0.05) is 19.3 Å². The van der Waals surface area contributed by atoms with Crippen molar-refractivity contribution in [3.8, 4) is 0 Å². The van der Waals surface area contributed by atoms with Crippen molar-refractivity contribution in [3.63, 3.8) is 0 Å². The van der Waals surface area contributed by atoms with Gasteiger partial charge < -0.3 is 4.90 Å². The van der Waals surface area contributed by atoms with Crippen molar-refractivity contribution < 1.29 is 4.79 Å². The van der Waals surface area contributed by atoms with E-state index in [-0.39, 0.29) is 11.1 Å². The van der Waals surface area contributed by atoms with Crippen LogP contribution in [0.25, 0.3) is 11.7 Å². The number of rotatable bonds is 7. The van der Waals surface area contributed by atoms with Crippen molar-refractivity contribution in [1.82, 2.24) is 9.38 Å². The number of pyridine rings is 1. The second-order valence-electron chi connectivity index (χ2n) is 6.88. The fourth-order valence-corrected chi connectivity index (χ4v) is 3.35. The monoisotopic (exact) mass is 395 g/mol. The van der Waals surface area contributed by atoms with Gasteiger partial charge in [-0.3, -0.25) is 14.0 Å². The Morgan fingerprint density at radius 1 is 0.900 bits per heavy atom. The number of carbonyl (C=O) groups is 1. The minimum Gasteiger partial charge on any atom is -0.348 e. The van der Waals surface area contributed by atoms with Gasteiger partial charge in [0.15, 0.2) is 6.29 Å². The molecule has 2 aromatic heterocycles. The molecule has 0 bridgehead atoms. The van der Waals surface area contributed by atoms with E-state index in [1.165, 1.54) is 4.40 Å². The van der Waals surface area contributed by atoms with Gasteiger partial charge >= 0.3 is 0 Å². The Balaban J connectivity index is 1.76. The van der Waals surface area contributed by atoms with Gasteiger partial charge in [-0.05, 0) is 23.3 Å². The molecule has 2 aromatic carbocycles. The molecule has 0 amide bonds. The number of carbonyl (C=O) groups excluding carboxylic acids is 1. The van der Waals surface area contributed by atoms with E-state index in [9.17, 15) is 9.59 Å². The number of benzene rings is 2. The van der Waals surface area contributed by atoms with Crippen molar-refractivity contribution in [2.45, 2.75) is 6.54 Å². The molecular formula is C25H21N3O2. The van der Waals surface area contributed by atoms with Crippen LogP contribution in [0.15, 0.2) is 95.9 Å². The Morgan fingerprint density at radius 2 is 1.60 bits per heavy atom. The van der Waals surface area contributed by atoms with E-state index in [1.807, 2.05) is 83.8 Å². The van der Waals surface area contributed by atoms with Crippen LogP contribution in [0.2, 0.25) is 0 Å². The summed E-state index contributed by atoms with van der Waals surface area (Å²) < 4.78 is 1.40. The molecule has 30 heavy (non-hydrogen) atoms. The van der Waals surface area contributed by atoms with E-state index < -0.39 is 0 Å². The lowest BCUT2D eigenvalue weighted by atomic mass is 10.2. The summed E-state index contributed by atoms with van der Waals surface area (Å²) in [6, 6.07) is 25.2. The smallest absolute Gasteiger partial charge is 0.270 e. The zero-order chi connectivity index (χ0) is 20.8. The van der Waals surface area contributed by atoms with Crippen molar-refractivity contribution in [3.05, 3.63) is 118 Å². The van der Waals surface area contributed by atoms with Gasteiger partial charge in [0.2, 0.25) is 0 Å². The number of hydrogen-bond donors (Lipinski definition) is 0. The largest absolute Gasteiger partial charge is 0.348 e. The van der Waals surface area contributed by atoms with Crippen LogP contribution in [0.3, 0.4) is 0 Å². The number of aldehydes is 1. The molecule has 0 radical (unpaired) electrons. The highest BCUT2D eigenvalue weighted by Gasteiger charge is 2.18. The first-order valence-corrected chi connectivity index (χ1v) is 9.73. The molecule has 0 aliphatic heterocycles. The molecule has 0 fully saturated rings. The summed E-state index contributed by atoms with van der Waals surface area (Å²) in [5.74, 6) is 0.391. The quantitative estimate of drug-likeness (QED) is 0.440. The first-order valence-electron chi connectivity index (χ1n) is 9.73. The summed E-state index contributed by atoms with van der Waals surface area (Å²) in [5.41, 5.74) is 2.35. The van der Waals surface area contributed by atoms with E-state index in [0.29, 0.717) is 30.8 Å². The Hall–Kier alpha value is -3.99. The number of anilines is 1. The summed E-state index contributed by atoms with van der Waals surface area (Å²) in [6.07, 6.45) is 6.26. The Kier molecular flexibility index (Phi) is 5.80. The van der Waals surface area contributed by atoms with Crippen LogP contribution in [0.5, 0.6) is 0 Å². The predicted molar refractivity (Wildman–Crippen MR) is 120 cm³/mol. The Morgan fingerprint density at radius 3 is 2.33 bits per heavy atom. The molecule has 0 N–H and O–H groups in total. The second-order valence-corrected chi connectivity index (χ2v) is 6.88. The topological polar surface area (TPSA) is 54.7 Å². The molecule has 5 nitrogen and oxygen atoms in total. The standard InChI is InChI=1S/C25H21N3O2/c29-19-22-24(26-23-15-7-8-17-28(23)25(22)30)27(18-21-12-5-2-6-13-21)16-9-14-20-10-3-1-4-11-20/h1-15,17,19H,16,18H2/b14-9+. The van der Waals surface area contributed by atoms with Crippen molar-refractivity contribution >= 4 is 23.8 Å². The first kappa shape index (κ1) is 19.3. The van der Waals surface area contributed by atoms with E-state index in [1.54, 1.807) is 18.3 Å². The Bertz CT molecular complexity index is 1230. The minimum absolute atomic E-state index is 0.0581. The highest BCUT2D eigenvalue weighted by Crippen LogP contribution is 2.18. The molecule has 0 atom stereocenters. The maximum Gasteiger partial charge on any atom is 0.270 e. The van der Waals surface area contributed by atoms with Crippen molar-refractivity contribution in [2.75, 3.05) is 11.4 Å². The average molecular weight is 395 g/mol. The summed E-state index contributed by atoms with van der Waals surface area (Å²) in [4.78, 5) is 31.3. The van der Waals surface area contributed by atoms with Crippen LogP contribution in [-0.2, 0) is 6.54 Å². The van der Waals surface area contributed by atoms with Gasteiger partial charge in [-0.15, -0.1) is 0 Å². The predicted octanol–water partition coefficient (Wildman–Crippen LogP) is 4.23. The molecule has 0 saturated heterocycles. The molecule has 0 unspecified atom stereocenters. The molecular weight excluding hydrogens is 374 g/mol. The maximum atomic E-state index is 12.9. The summed E-state index contributed by atoms with van der Waals surface area (Å²) in [6.45, 7) is 1.02. The normalized spacial score (nSPS) is 11.1. The SMILES string of the molecule is O=Cc1c(N(C/C=C/c2ccccc2)Cc2ccccc2)nc2ccccn2c1=O. The molecule has 0 saturated carbocycles.